The molecule has 0 aliphatic rings. The summed E-state index contributed by atoms with van der Waals surface area (Å²) in [7, 11) is -9.16. The zero-order valence-corrected chi connectivity index (χ0v) is 49.5. The van der Waals surface area contributed by atoms with E-state index in [0.29, 0.717) is 10.4 Å². The summed E-state index contributed by atoms with van der Waals surface area (Å²) >= 11 is 0. The Morgan fingerprint density at radius 1 is 0.250 bits per heavy atom. The van der Waals surface area contributed by atoms with Crippen LogP contribution < -0.4 is 41.5 Å². The molecule has 0 radical (unpaired) electrons. The minimum absolute atomic E-state index is 0.0372. The first kappa shape index (κ1) is 44.4. The zero-order chi connectivity index (χ0) is 65.4. The van der Waals surface area contributed by atoms with Crippen LogP contribution in [0, 0.1) is 0 Å². The minimum Gasteiger partial charge on any atom is -0.278 e. The molecule has 7 heteroatoms. The molecule has 0 saturated carbocycles. The lowest BCUT2D eigenvalue weighted by Gasteiger charge is -2.38. The van der Waals surface area contributed by atoms with Crippen molar-refractivity contribution in [2.24, 2.45) is 0 Å². The molecular formula is C81H57N5Si2. The molecule has 0 saturated heterocycles. The van der Waals surface area contributed by atoms with E-state index in [2.05, 4.69) is 78.9 Å². The second-order valence-corrected chi connectivity index (χ2v) is 29.4. The van der Waals surface area contributed by atoms with Crippen LogP contribution in [0.1, 0.15) is 11.0 Å². The van der Waals surface area contributed by atoms with Gasteiger partial charge in [0.05, 0.1) is 33.0 Å². The first-order valence-corrected chi connectivity index (χ1v) is 33.4. The second-order valence-electron chi connectivity index (χ2n) is 22.0. The first-order valence-electron chi connectivity index (χ1n) is 33.4. The van der Waals surface area contributed by atoms with Crippen molar-refractivity contribution >= 4 is 101 Å². The van der Waals surface area contributed by atoms with E-state index in [4.69, 9.17) is 16.3 Å². The molecule has 414 valence electrons. The van der Waals surface area contributed by atoms with E-state index in [9.17, 15) is 9.60 Å². The SMILES string of the molecule is [2H]c1c([2H])c([2H])c([Si](c2ccccc2)(c2cccc(-c3ccccc3)c2)c2c([2H])c(-c3nc(-n4c5ccccc5c5ccccc54)nc(-n4c5ccccc5c5ccccc54)n3)c([2H])c([Si](c3ccccc3)(c3ccccc3)c3cccc(-c4ccccc4)c3)c2[2H])c([2H])c1[2H]. The zero-order valence-electron chi connectivity index (χ0n) is 55.5. The maximum absolute atomic E-state index is 11.9. The molecule has 3 aromatic heterocycles. The Morgan fingerprint density at radius 2 is 0.568 bits per heavy atom. The molecule has 16 aromatic rings. The molecule has 3 heterocycles. The number of benzene rings is 13. The maximum atomic E-state index is 11.9. The average molecular weight is 1160 g/mol. The van der Waals surface area contributed by atoms with Gasteiger partial charge in [-0.2, -0.15) is 15.0 Å². The van der Waals surface area contributed by atoms with Crippen LogP contribution >= 0.6 is 0 Å². The van der Waals surface area contributed by atoms with Gasteiger partial charge in [0.2, 0.25) is 11.9 Å². The Labute approximate surface area is 524 Å². The number of nitrogens with zero attached hydrogens (tertiary/aromatic N) is 5. The molecule has 0 aliphatic carbocycles. The summed E-state index contributed by atoms with van der Waals surface area (Å²) in [5.41, 5.74) is 6.66. The summed E-state index contributed by atoms with van der Waals surface area (Å²) in [5.74, 6) is 0.349. The molecule has 1 unspecified atom stereocenters. The number of rotatable bonds is 13. The van der Waals surface area contributed by atoms with Gasteiger partial charge < -0.3 is 0 Å². The molecule has 0 amide bonds. The third kappa shape index (κ3) is 8.70. The van der Waals surface area contributed by atoms with Gasteiger partial charge in [0.1, 0.15) is 0 Å². The van der Waals surface area contributed by atoms with Gasteiger partial charge in [0.15, 0.2) is 22.0 Å². The largest absolute Gasteiger partial charge is 0.278 e. The van der Waals surface area contributed by atoms with Gasteiger partial charge in [-0.05, 0) is 88.0 Å². The number of hydrogen-bond donors (Lipinski definition) is 0. The highest BCUT2D eigenvalue weighted by Crippen LogP contribution is 2.35. The fraction of sp³-hybridized carbons (Fsp3) is 0. The molecule has 13 aromatic carbocycles. The Balaban J connectivity index is 1.17. The summed E-state index contributed by atoms with van der Waals surface area (Å²) in [4.78, 5) is 16.8. The maximum Gasteiger partial charge on any atom is 0.240 e. The molecule has 0 spiro atoms. The average Bonchev–Trinajstić information content (AvgIpc) is 0.787. The van der Waals surface area contributed by atoms with E-state index in [1.54, 1.807) is 0 Å². The Morgan fingerprint density at radius 3 is 0.955 bits per heavy atom. The van der Waals surface area contributed by atoms with Crippen LogP contribution in [-0.2, 0) is 0 Å². The number of para-hydroxylation sites is 4. The van der Waals surface area contributed by atoms with Crippen molar-refractivity contribution in [3.63, 3.8) is 0 Å². The van der Waals surface area contributed by atoms with Gasteiger partial charge in [0.25, 0.3) is 0 Å². The van der Waals surface area contributed by atoms with Crippen LogP contribution in [-0.4, -0.2) is 40.2 Å². The van der Waals surface area contributed by atoms with Crippen molar-refractivity contribution in [3.05, 3.63) is 346 Å². The smallest absolute Gasteiger partial charge is 0.240 e. The van der Waals surface area contributed by atoms with Crippen molar-refractivity contribution in [2.75, 3.05) is 0 Å². The van der Waals surface area contributed by atoms with E-state index in [0.717, 1.165) is 81.4 Å². The highest BCUT2D eigenvalue weighted by molar-refractivity contribution is 7.22. The quantitative estimate of drug-likeness (QED) is 0.0854. The Hall–Kier alpha value is -11.1. The van der Waals surface area contributed by atoms with Crippen LogP contribution in [0.3, 0.4) is 0 Å². The van der Waals surface area contributed by atoms with E-state index in [1.165, 1.54) is 0 Å². The second kappa shape index (κ2) is 22.1. The van der Waals surface area contributed by atoms with Crippen LogP contribution in [0.4, 0.5) is 0 Å². The van der Waals surface area contributed by atoms with Crippen molar-refractivity contribution < 1.29 is 11.0 Å². The third-order valence-corrected chi connectivity index (χ3v) is 26.1. The van der Waals surface area contributed by atoms with Gasteiger partial charge in [-0.3, -0.25) is 9.13 Å². The molecular weight excluding hydrogens is 1100 g/mol. The van der Waals surface area contributed by atoms with Crippen molar-refractivity contribution in [3.8, 4) is 45.5 Å². The normalized spacial score (nSPS) is 13.7. The molecule has 88 heavy (non-hydrogen) atoms. The van der Waals surface area contributed by atoms with Crippen molar-refractivity contribution in [1.82, 2.24) is 24.1 Å². The van der Waals surface area contributed by atoms with Crippen molar-refractivity contribution in [1.29, 1.82) is 0 Å². The fourth-order valence-electron chi connectivity index (χ4n) is 13.3. The predicted molar refractivity (Wildman–Crippen MR) is 372 cm³/mol. The molecule has 0 bridgehead atoms. The van der Waals surface area contributed by atoms with Crippen LogP contribution in [0.2, 0.25) is 0 Å². The molecule has 5 nitrogen and oxygen atoms in total. The van der Waals surface area contributed by atoms with E-state index in [1.807, 2.05) is 228 Å². The first-order chi connectivity index (χ1) is 47.0. The molecule has 0 N–H and O–H groups in total. The topological polar surface area (TPSA) is 48.5 Å². The molecule has 0 aliphatic heterocycles. The van der Waals surface area contributed by atoms with Crippen molar-refractivity contribution in [2.45, 2.75) is 0 Å². The summed E-state index contributed by atoms with van der Waals surface area (Å²) < 4.78 is 88.6. The molecule has 1 atom stereocenters. The van der Waals surface area contributed by atoms with Gasteiger partial charge in [-0.1, -0.05) is 321 Å². The Bertz CT molecular complexity index is 5410. The van der Waals surface area contributed by atoms with E-state index in [-0.39, 0.29) is 57.0 Å². The summed E-state index contributed by atoms with van der Waals surface area (Å²) in [6.45, 7) is 0. The lowest BCUT2D eigenvalue weighted by molar-refractivity contribution is 0.893. The fourth-order valence-corrected chi connectivity index (χ4v) is 22.3. The van der Waals surface area contributed by atoms with Gasteiger partial charge in [-0.15, -0.1) is 0 Å². The van der Waals surface area contributed by atoms with Crippen LogP contribution in [0.25, 0.3) is 89.2 Å². The van der Waals surface area contributed by atoms with Crippen LogP contribution in [0.15, 0.2) is 346 Å². The van der Waals surface area contributed by atoms with Gasteiger partial charge >= 0.3 is 0 Å². The summed E-state index contributed by atoms with van der Waals surface area (Å²) in [5, 5.41) is 7.67. The van der Waals surface area contributed by atoms with Gasteiger partial charge in [-0.25, -0.2) is 0 Å². The summed E-state index contributed by atoms with van der Waals surface area (Å²) in [6, 6.07) is 94.8. The van der Waals surface area contributed by atoms with Gasteiger partial charge in [0, 0.05) is 27.1 Å². The summed E-state index contributed by atoms with van der Waals surface area (Å²) in [6.07, 6.45) is 0. The predicted octanol–water partition coefficient (Wildman–Crippen LogP) is 13.8. The number of hydrogen-bond acceptors (Lipinski definition) is 3. The highest BCUT2D eigenvalue weighted by atomic mass is 28.3. The lowest BCUT2D eigenvalue weighted by Crippen LogP contribution is -2.78. The molecule has 16 rings (SSSR count). The van der Waals surface area contributed by atoms with E-state index >= 15 is 0 Å². The Kier molecular flexibility index (Phi) is 11.1. The highest BCUT2D eigenvalue weighted by Gasteiger charge is 2.46. The lowest BCUT2D eigenvalue weighted by atomic mass is 10.1. The monoisotopic (exact) mass is 1160 g/mol. The third-order valence-electron chi connectivity index (χ3n) is 17.2. The molecule has 0 fully saturated rings. The van der Waals surface area contributed by atoms with Crippen LogP contribution in [0.5, 0.6) is 0 Å². The number of aromatic nitrogens is 5. The minimum atomic E-state index is -4.89. The van der Waals surface area contributed by atoms with E-state index < -0.39 is 46.4 Å². The number of fused-ring (bicyclic) bond motifs is 6. The standard InChI is InChI=1S/C81H57N5Si2/c1-7-29-58(30-8-1)60-33-27-43-67(53-60)87(63-35-11-3-12-36-63,64-37-13-4-14-38-64)69-55-62(56-70(57-69)88(65-39-15-5-16-40-65,66-41-17-6-18-42-66)68-44-28-34-61(54-68)59-31-9-2-10-32-59)79-82-80(85-75-49-23-19-45-71(75)72-46-20-24-50-76(72)85)84-81(83-79)86-77-51-25-21-47-73(77)74-48-22-26-52-78(74)86/h1-57H/i3D,11D,12D,35D,36D,55D,56D,57D.